The fourth-order valence-electron chi connectivity index (χ4n) is 2.39. The van der Waals surface area contributed by atoms with Gasteiger partial charge in [0.1, 0.15) is 0 Å². The summed E-state index contributed by atoms with van der Waals surface area (Å²) < 4.78 is 9.92. The number of esters is 1. The minimum absolute atomic E-state index is 0. The van der Waals surface area contributed by atoms with Gasteiger partial charge in [-0.1, -0.05) is 0 Å². The molecule has 21 heavy (non-hydrogen) atoms. The summed E-state index contributed by atoms with van der Waals surface area (Å²) in [7, 11) is 1.63. The number of carbonyl (C=O) groups is 2. The maximum absolute atomic E-state index is 11.7. The fourth-order valence-corrected chi connectivity index (χ4v) is 2.39. The summed E-state index contributed by atoms with van der Waals surface area (Å²) in [6.07, 6.45) is 3.27. The van der Waals surface area contributed by atoms with Crippen LogP contribution in [0.1, 0.15) is 32.6 Å². The topological polar surface area (TPSA) is 76.7 Å². The Hall–Kier alpha value is -0.850. The van der Waals surface area contributed by atoms with Crippen molar-refractivity contribution in [3.63, 3.8) is 0 Å². The number of rotatable bonds is 8. The quantitative estimate of drug-likeness (QED) is 0.512. The van der Waals surface area contributed by atoms with Gasteiger partial charge in [0, 0.05) is 19.7 Å². The minimum atomic E-state index is -0.0986. The number of ether oxygens (including phenoxy) is 2. The van der Waals surface area contributed by atoms with Crippen molar-refractivity contribution in [1.82, 2.24) is 10.6 Å². The first-order valence-electron chi connectivity index (χ1n) is 7.33. The summed E-state index contributed by atoms with van der Waals surface area (Å²) in [5.74, 6) is -0.0953. The van der Waals surface area contributed by atoms with Crippen molar-refractivity contribution in [2.24, 2.45) is 5.92 Å². The van der Waals surface area contributed by atoms with Gasteiger partial charge in [0.25, 0.3) is 0 Å². The molecule has 0 aliphatic heterocycles. The van der Waals surface area contributed by atoms with Crippen molar-refractivity contribution in [3.05, 3.63) is 0 Å². The Morgan fingerprint density at radius 3 is 2.43 bits per heavy atom. The Morgan fingerprint density at radius 2 is 1.86 bits per heavy atom. The molecule has 0 saturated heterocycles. The highest BCUT2D eigenvalue weighted by Gasteiger charge is 2.27. The lowest BCUT2D eigenvalue weighted by atomic mass is 9.86. The molecule has 0 aromatic heterocycles. The fraction of sp³-hybridized carbons (Fsp3) is 0.857. The average Bonchev–Trinajstić information content (AvgIpc) is 2.45. The molecule has 0 heterocycles. The number of methoxy groups -OCH3 is 1. The summed E-state index contributed by atoms with van der Waals surface area (Å²) in [6, 6.07) is 0.178. The molecule has 1 aliphatic rings. The van der Waals surface area contributed by atoms with E-state index in [1.54, 1.807) is 7.11 Å². The normalized spacial score (nSPS) is 21.2. The average molecular weight is 323 g/mol. The molecule has 1 aliphatic carbocycles. The standard InChI is InChI=1S/C14H26N2O4.ClH/c1-3-20-14(18)11-4-6-12(7-5-11)16-13(17)10-15-8-9-19-2;/h11-12,15H,3-10H2,1-2H3,(H,16,17);1H. The van der Waals surface area contributed by atoms with Crippen LogP contribution in [0.25, 0.3) is 0 Å². The molecule has 0 aromatic carbocycles. The van der Waals surface area contributed by atoms with E-state index in [2.05, 4.69) is 10.6 Å². The van der Waals surface area contributed by atoms with E-state index in [9.17, 15) is 9.59 Å². The summed E-state index contributed by atoms with van der Waals surface area (Å²) in [6.45, 7) is 3.82. The van der Waals surface area contributed by atoms with Crippen LogP contribution in [0.3, 0.4) is 0 Å². The maximum atomic E-state index is 11.7. The lowest BCUT2D eigenvalue weighted by Crippen LogP contribution is -2.43. The van der Waals surface area contributed by atoms with E-state index in [0.717, 1.165) is 25.7 Å². The van der Waals surface area contributed by atoms with Gasteiger partial charge in [0.15, 0.2) is 0 Å². The second kappa shape index (κ2) is 11.8. The van der Waals surface area contributed by atoms with Crippen molar-refractivity contribution in [2.45, 2.75) is 38.6 Å². The van der Waals surface area contributed by atoms with Gasteiger partial charge in [-0.15, -0.1) is 12.4 Å². The van der Waals surface area contributed by atoms with Crippen LogP contribution in [0.5, 0.6) is 0 Å². The first kappa shape index (κ1) is 20.1. The highest BCUT2D eigenvalue weighted by atomic mass is 35.5. The molecule has 0 radical (unpaired) electrons. The molecule has 124 valence electrons. The lowest BCUT2D eigenvalue weighted by molar-refractivity contribution is -0.149. The first-order chi connectivity index (χ1) is 9.67. The molecule has 7 heteroatoms. The zero-order valence-electron chi connectivity index (χ0n) is 12.9. The molecular formula is C14H27ClN2O4. The maximum Gasteiger partial charge on any atom is 0.308 e. The molecule has 1 saturated carbocycles. The van der Waals surface area contributed by atoms with Gasteiger partial charge in [-0.25, -0.2) is 0 Å². The number of nitrogens with one attached hydrogen (secondary N) is 2. The lowest BCUT2D eigenvalue weighted by Gasteiger charge is -2.27. The molecule has 0 atom stereocenters. The third kappa shape index (κ3) is 8.24. The molecule has 1 fully saturated rings. The van der Waals surface area contributed by atoms with Crippen LogP contribution in [0.2, 0.25) is 0 Å². The van der Waals surface area contributed by atoms with Crippen molar-refractivity contribution >= 4 is 24.3 Å². The second-order valence-electron chi connectivity index (χ2n) is 5.04. The number of hydrogen-bond donors (Lipinski definition) is 2. The van der Waals surface area contributed by atoms with E-state index in [0.29, 0.717) is 26.3 Å². The van der Waals surface area contributed by atoms with Crippen LogP contribution >= 0.6 is 12.4 Å². The van der Waals surface area contributed by atoms with Gasteiger partial charge in [0.2, 0.25) is 5.91 Å². The molecule has 6 nitrogen and oxygen atoms in total. The highest BCUT2D eigenvalue weighted by molar-refractivity contribution is 5.85. The number of halogens is 1. The third-order valence-electron chi connectivity index (χ3n) is 3.48. The number of amides is 1. The second-order valence-corrected chi connectivity index (χ2v) is 5.04. The van der Waals surface area contributed by atoms with Gasteiger partial charge >= 0.3 is 5.97 Å². The van der Waals surface area contributed by atoms with E-state index >= 15 is 0 Å². The third-order valence-corrected chi connectivity index (χ3v) is 3.48. The highest BCUT2D eigenvalue weighted by Crippen LogP contribution is 2.25. The summed E-state index contributed by atoms with van der Waals surface area (Å²) in [4.78, 5) is 23.3. The summed E-state index contributed by atoms with van der Waals surface area (Å²) in [5.41, 5.74) is 0. The Morgan fingerprint density at radius 1 is 1.19 bits per heavy atom. The zero-order chi connectivity index (χ0) is 14.8. The van der Waals surface area contributed by atoms with Gasteiger partial charge in [-0.2, -0.15) is 0 Å². The van der Waals surface area contributed by atoms with Gasteiger partial charge in [0.05, 0.1) is 25.7 Å². The summed E-state index contributed by atoms with van der Waals surface area (Å²) in [5, 5.41) is 6.00. The van der Waals surface area contributed by atoms with E-state index in [1.165, 1.54) is 0 Å². The Kier molecular flexibility index (Phi) is 11.3. The van der Waals surface area contributed by atoms with Crippen molar-refractivity contribution in [3.8, 4) is 0 Å². The SMILES string of the molecule is CCOC(=O)C1CCC(NC(=O)CNCCOC)CC1.Cl. The predicted molar refractivity (Wildman–Crippen MR) is 82.5 cm³/mol. The van der Waals surface area contributed by atoms with Crippen molar-refractivity contribution < 1.29 is 19.1 Å². The van der Waals surface area contributed by atoms with Crippen molar-refractivity contribution in [1.29, 1.82) is 0 Å². The first-order valence-corrected chi connectivity index (χ1v) is 7.33. The van der Waals surface area contributed by atoms with Crippen LogP contribution in [0.4, 0.5) is 0 Å². The Bertz CT molecular complexity index is 307. The summed E-state index contributed by atoms with van der Waals surface area (Å²) >= 11 is 0. The van der Waals surface area contributed by atoms with E-state index in [1.807, 2.05) is 6.92 Å². The molecule has 0 aromatic rings. The van der Waals surface area contributed by atoms with Gasteiger partial charge in [-0.3, -0.25) is 9.59 Å². The van der Waals surface area contributed by atoms with Crippen LogP contribution in [0.15, 0.2) is 0 Å². The molecule has 0 spiro atoms. The Labute approximate surface area is 132 Å². The van der Waals surface area contributed by atoms with Gasteiger partial charge < -0.3 is 20.1 Å². The molecule has 0 unspecified atom stereocenters. The monoisotopic (exact) mass is 322 g/mol. The van der Waals surface area contributed by atoms with E-state index in [4.69, 9.17) is 9.47 Å². The minimum Gasteiger partial charge on any atom is -0.466 e. The van der Waals surface area contributed by atoms with Crippen LogP contribution in [-0.2, 0) is 19.1 Å². The number of carbonyl (C=O) groups excluding carboxylic acids is 2. The predicted octanol–water partition coefficient (Wildman–Crippen LogP) is 0.882. The van der Waals surface area contributed by atoms with E-state index in [-0.39, 0.29) is 36.2 Å². The molecular weight excluding hydrogens is 296 g/mol. The van der Waals surface area contributed by atoms with Crippen LogP contribution in [-0.4, -0.2) is 51.3 Å². The van der Waals surface area contributed by atoms with Crippen LogP contribution < -0.4 is 10.6 Å². The zero-order valence-corrected chi connectivity index (χ0v) is 13.7. The molecule has 1 rings (SSSR count). The smallest absolute Gasteiger partial charge is 0.308 e. The van der Waals surface area contributed by atoms with Crippen LogP contribution in [0, 0.1) is 5.92 Å². The number of hydrogen-bond acceptors (Lipinski definition) is 5. The molecule has 1 amide bonds. The molecule has 2 N–H and O–H groups in total. The molecule has 0 bridgehead atoms. The largest absolute Gasteiger partial charge is 0.466 e. The van der Waals surface area contributed by atoms with E-state index < -0.39 is 0 Å². The van der Waals surface area contributed by atoms with Gasteiger partial charge in [-0.05, 0) is 32.6 Å². The van der Waals surface area contributed by atoms with Crippen molar-refractivity contribution in [2.75, 3.05) is 33.4 Å². The Balaban J connectivity index is 0.00000400.